The van der Waals surface area contributed by atoms with E-state index in [9.17, 15) is 4.79 Å². The van der Waals surface area contributed by atoms with Crippen LogP contribution in [0.25, 0.3) is 10.8 Å². The number of ether oxygens (including phenoxy) is 1. The molecule has 1 amide bonds. The molecule has 3 aromatic rings. The minimum Gasteiger partial charge on any atom is -0.483 e. The van der Waals surface area contributed by atoms with Crippen molar-refractivity contribution >= 4 is 22.4 Å². The fourth-order valence-corrected chi connectivity index (χ4v) is 2.76. The van der Waals surface area contributed by atoms with Crippen LogP contribution in [0.1, 0.15) is 11.1 Å². The summed E-state index contributed by atoms with van der Waals surface area (Å²) in [6.07, 6.45) is 1.56. The van der Waals surface area contributed by atoms with Crippen molar-refractivity contribution in [2.24, 2.45) is 0 Å². The number of amides is 1. The molecule has 0 atom stereocenters. The fraction of sp³-hybridized carbons (Fsp3) is 0.188. The molecule has 23 heavy (non-hydrogen) atoms. The number of nitrogens with zero attached hydrogens (tertiary/aromatic N) is 2. The van der Waals surface area contributed by atoms with Crippen LogP contribution in [-0.4, -0.2) is 22.7 Å². The standard InChI is InChI=1S/C16H15N3O3S/c1-10-5-6-12(11(2)8-10)22-9-14(20)17-16-19-18-15(23-16)13-4-3-7-21-13/h3-8H,9H2,1-2H3,(H,17,19,20). The van der Waals surface area contributed by atoms with Gasteiger partial charge in [-0.15, -0.1) is 10.2 Å². The molecule has 0 radical (unpaired) electrons. The van der Waals surface area contributed by atoms with Crippen LogP contribution in [0.15, 0.2) is 41.0 Å². The quantitative estimate of drug-likeness (QED) is 0.776. The smallest absolute Gasteiger partial charge is 0.264 e. The van der Waals surface area contributed by atoms with E-state index in [0.717, 1.165) is 11.1 Å². The van der Waals surface area contributed by atoms with Gasteiger partial charge in [0.1, 0.15) is 5.75 Å². The van der Waals surface area contributed by atoms with Gasteiger partial charge in [0.15, 0.2) is 17.4 Å². The van der Waals surface area contributed by atoms with Gasteiger partial charge in [-0.2, -0.15) is 0 Å². The molecule has 1 N–H and O–H groups in total. The second-order valence-electron chi connectivity index (χ2n) is 5.00. The number of nitrogens with one attached hydrogen (secondary N) is 1. The minimum absolute atomic E-state index is 0.0838. The maximum Gasteiger partial charge on any atom is 0.264 e. The molecule has 2 heterocycles. The maximum atomic E-state index is 11.9. The monoisotopic (exact) mass is 329 g/mol. The van der Waals surface area contributed by atoms with Gasteiger partial charge in [0.2, 0.25) is 5.13 Å². The second kappa shape index (κ2) is 6.62. The molecule has 6 nitrogen and oxygen atoms in total. The Morgan fingerprint density at radius 2 is 2.17 bits per heavy atom. The third kappa shape index (κ3) is 3.75. The highest BCUT2D eigenvalue weighted by Crippen LogP contribution is 2.26. The SMILES string of the molecule is Cc1ccc(OCC(=O)Nc2nnc(-c3ccco3)s2)c(C)c1. The zero-order chi connectivity index (χ0) is 16.2. The van der Waals surface area contributed by atoms with E-state index < -0.39 is 0 Å². The van der Waals surface area contributed by atoms with Crippen molar-refractivity contribution in [2.45, 2.75) is 13.8 Å². The Hall–Kier alpha value is -2.67. The first-order valence-electron chi connectivity index (χ1n) is 6.99. The van der Waals surface area contributed by atoms with Gasteiger partial charge in [-0.05, 0) is 37.6 Å². The van der Waals surface area contributed by atoms with Crippen LogP contribution in [0.2, 0.25) is 0 Å². The molecule has 0 spiro atoms. The van der Waals surface area contributed by atoms with Crippen LogP contribution < -0.4 is 10.1 Å². The Morgan fingerprint density at radius 1 is 1.30 bits per heavy atom. The van der Waals surface area contributed by atoms with Crippen molar-refractivity contribution in [3.8, 4) is 16.5 Å². The van der Waals surface area contributed by atoms with Gasteiger partial charge >= 0.3 is 0 Å². The number of furan rings is 1. The molecule has 118 valence electrons. The zero-order valence-corrected chi connectivity index (χ0v) is 13.5. The average molecular weight is 329 g/mol. The van der Waals surface area contributed by atoms with Crippen LogP contribution in [0, 0.1) is 13.8 Å². The van der Waals surface area contributed by atoms with Gasteiger partial charge in [-0.3, -0.25) is 10.1 Å². The van der Waals surface area contributed by atoms with E-state index in [4.69, 9.17) is 9.15 Å². The summed E-state index contributed by atoms with van der Waals surface area (Å²) < 4.78 is 10.8. The number of aromatic nitrogens is 2. The van der Waals surface area contributed by atoms with Gasteiger partial charge in [-0.25, -0.2) is 0 Å². The first-order valence-corrected chi connectivity index (χ1v) is 7.81. The number of carbonyl (C=O) groups excluding carboxylic acids is 1. The van der Waals surface area contributed by atoms with Gasteiger partial charge in [0.25, 0.3) is 5.91 Å². The number of aryl methyl sites for hydroxylation is 2. The number of anilines is 1. The second-order valence-corrected chi connectivity index (χ2v) is 5.97. The van der Waals surface area contributed by atoms with Crippen molar-refractivity contribution in [3.05, 3.63) is 47.7 Å². The average Bonchev–Trinajstić information content (AvgIpc) is 3.17. The van der Waals surface area contributed by atoms with Crippen molar-refractivity contribution in [1.82, 2.24) is 10.2 Å². The largest absolute Gasteiger partial charge is 0.483 e. The van der Waals surface area contributed by atoms with E-state index in [2.05, 4.69) is 15.5 Å². The summed E-state index contributed by atoms with van der Waals surface area (Å²) in [4.78, 5) is 11.9. The van der Waals surface area contributed by atoms with Gasteiger partial charge < -0.3 is 9.15 Å². The summed E-state index contributed by atoms with van der Waals surface area (Å²) >= 11 is 1.24. The molecule has 0 saturated heterocycles. The topological polar surface area (TPSA) is 77.2 Å². The molecule has 0 aliphatic heterocycles. The fourth-order valence-electron chi connectivity index (χ4n) is 2.03. The van der Waals surface area contributed by atoms with Crippen molar-refractivity contribution in [1.29, 1.82) is 0 Å². The summed E-state index contributed by atoms with van der Waals surface area (Å²) in [5.41, 5.74) is 2.15. The van der Waals surface area contributed by atoms with Crippen LogP contribution in [0.5, 0.6) is 5.75 Å². The predicted octanol–water partition coefficient (Wildman–Crippen LogP) is 3.43. The van der Waals surface area contributed by atoms with Crippen LogP contribution in [0.4, 0.5) is 5.13 Å². The van der Waals surface area contributed by atoms with E-state index in [0.29, 0.717) is 21.6 Å². The van der Waals surface area contributed by atoms with Gasteiger partial charge in [0.05, 0.1) is 6.26 Å². The van der Waals surface area contributed by atoms with E-state index in [1.54, 1.807) is 18.4 Å². The number of rotatable bonds is 5. The summed E-state index contributed by atoms with van der Waals surface area (Å²) in [7, 11) is 0. The van der Waals surface area contributed by atoms with E-state index in [1.165, 1.54) is 11.3 Å². The van der Waals surface area contributed by atoms with Crippen LogP contribution in [0.3, 0.4) is 0 Å². The Bertz CT molecular complexity index is 812. The van der Waals surface area contributed by atoms with Crippen molar-refractivity contribution < 1.29 is 13.9 Å². The number of benzene rings is 1. The molecule has 0 bridgehead atoms. The molecule has 0 saturated carbocycles. The molecule has 0 aliphatic carbocycles. The molecule has 2 aromatic heterocycles. The Morgan fingerprint density at radius 3 is 2.91 bits per heavy atom. The minimum atomic E-state index is -0.285. The molecule has 0 unspecified atom stereocenters. The van der Waals surface area contributed by atoms with Crippen LogP contribution in [-0.2, 0) is 4.79 Å². The predicted molar refractivity (Wildman–Crippen MR) is 87.7 cm³/mol. The molecule has 0 fully saturated rings. The Balaban J connectivity index is 1.57. The molecule has 7 heteroatoms. The first-order chi connectivity index (χ1) is 11.1. The highest BCUT2D eigenvalue weighted by molar-refractivity contribution is 7.18. The first kappa shape index (κ1) is 15.2. The third-order valence-electron chi connectivity index (χ3n) is 3.09. The zero-order valence-electron chi connectivity index (χ0n) is 12.7. The Kier molecular flexibility index (Phi) is 4.38. The lowest BCUT2D eigenvalue weighted by Crippen LogP contribution is -2.20. The Labute approximate surface area is 137 Å². The highest BCUT2D eigenvalue weighted by Gasteiger charge is 2.12. The molecular weight excluding hydrogens is 314 g/mol. The van der Waals surface area contributed by atoms with E-state index in [-0.39, 0.29) is 12.5 Å². The molecular formula is C16H15N3O3S. The van der Waals surface area contributed by atoms with Gasteiger partial charge in [-0.1, -0.05) is 29.0 Å². The number of hydrogen-bond acceptors (Lipinski definition) is 6. The molecule has 3 rings (SSSR count). The summed E-state index contributed by atoms with van der Waals surface area (Å²) in [5, 5.41) is 11.6. The van der Waals surface area contributed by atoms with Crippen molar-refractivity contribution in [3.63, 3.8) is 0 Å². The molecule has 0 aliphatic rings. The van der Waals surface area contributed by atoms with Crippen LogP contribution >= 0.6 is 11.3 Å². The molecule has 1 aromatic carbocycles. The lowest BCUT2D eigenvalue weighted by atomic mass is 10.1. The summed E-state index contributed by atoms with van der Waals surface area (Å²) in [5.74, 6) is 1.03. The third-order valence-corrected chi connectivity index (χ3v) is 3.95. The van der Waals surface area contributed by atoms with E-state index >= 15 is 0 Å². The summed E-state index contributed by atoms with van der Waals surface area (Å²) in [6.45, 7) is 3.87. The number of carbonyl (C=O) groups is 1. The maximum absolute atomic E-state index is 11.9. The lowest BCUT2D eigenvalue weighted by molar-refractivity contribution is -0.118. The lowest BCUT2D eigenvalue weighted by Gasteiger charge is -2.08. The van der Waals surface area contributed by atoms with Gasteiger partial charge in [0, 0.05) is 0 Å². The van der Waals surface area contributed by atoms with E-state index in [1.807, 2.05) is 32.0 Å². The normalized spacial score (nSPS) is 10.5. The van der Waals surface area contributed by atoms with Crippen molar-refractivity contribution in [2.75, 3.05) is 11.9 Å². The highest BCUT2D eigenvalue weighted by atomic mass is 32.1. The summed E-state index contributed by atoms with van der Waals surface area (Å²) in [6, 6.07) is 9.37. The number of hydrogen-bond donors (Lipinski definition) is 1.